The fourth-order valence-electron chi connectivity index (χ4n) is 1.37. The van der Waals surface area contributed by atoms with Gasteiger partial charge in [-0.2, -0.15) is 0 Å². The summed E-state index contributed by atoms with van der Waals surface area (Å²) >= 11 is 0. The summed E-state index contributed by atoms with van der Waals surface area (Å²) in [5, 5.41) is 8.06. The molecule has 1 unspecified atom stereocenters. The van der Waals surface area contributed by atoms with Gasteiger partial charge in [0.1, 0.15) is 5.69 Å². The van der Waals surface area contributed by atoms with Gasteiger partial charge in [-0.05, 0) is 20.8 Å². The van der Waals surface area contributed by atoms with E-state index in [9.17, 15) is 0 Å². The van der Waals surface area contributed by atoms with E-state index < -0.39 is 6.29 Å². The third-order valence-corrected chi connectivity index (χ3v) is 2.28. The Bertz CT molecular complexity index is 311. The Morgan fingerprint density at radius 2 is 1.94 bits per heavy atom. The molecule has 0 saturated heterocycles. The first-order valence-corrected chi connectivity index (χ1v) is 5.87. The highest BCUT2D eigenvalue weighted by Crippen LogP contribution is 2.15. The zero-order valence-corrected chi connectivity index (χ0v) is 10.9. The van der Waals surface area contributed by atoms with Crippen molar-refractivity contribution in [2.75, 3.05) is 20.3 Å². The van der Waals surface area contributed by atoms with E-state index in [0.29, 0.717) is 25.5 Å². The molecule has 0 fully saturated rings. The second-order valence-electron chi connectivity index (χ2n) is 3.65. The molecule has 1 atom stereocenters. The Labute approximate surface area is 102 Å². The van der Waals surface area contributed by atoms with E-state index in [1.54, 1.807) is 11.8 Å². The summed E-state index contributed by atoms with van der Waals surface area (Å²) in [5.41, 5.74) is 0.692. The van der Waals surface area contributed by atoms with Crippen molar-refractivity contribution in [3.63, 3.8) is 0 Å². The highest BCUT2D eigenvalue weighted by atomic mass is 16.7. The molecular weight excluding hydrogens is 222 g/mol. The molecule has 1 rings (SSSR count). The monoisotopic (exact) mass is 243 g/mol. The number of rotatable bonds is 8. The maximum Gasteiger partial charge on any atom is 0.204 e. The lowest BCUT2D eigenvalue weighted by molar-refractivity contribution is -0.142. The van der Waals surface area contributed by atoms with E-state index >= 15 is 0 Å². The Morgan fingerprint density at radius 3 is 2.47 bits per heavy atom. The fraction of sp³-hybridized carbons (Fsp3) is 0.818. The number of hydrogen-bond acceptors (Lipinski definition) is 5. The largest absolute Gasteiger partial charge is 0.380 e. The summed E-state index contributed by atoms with van der Waals surface area (Å²) in [5.74, 6) is 0. The smallest absolute Gasteiger partial charge is 0.204 e. The van der Waals surface area contributed by atoms with Gasteiger partial charge in [0.25, 0.3) is 0 Å². The molecule has 0 aliphatic heterocycles. The minimum atomic E-state index is -0.434. The maximum atomic E-state index is 5.44. The van der Waals surface area contributed by atoms with Crippen LogP contribution >= 0.6 is 0 Å². The average Bonchev–Trinajstić information content (AvgIpc) is 2.77. The van der Waals surface area contributed by atoms with Crippen molar-refractivity contribution in [2.24, 2.45) is 0 Å². The summed E-state index contributed by atoms with van der Waals surface area (Å²) in [4.78, 5) is 0. The van der Waals surface area contributed by atoms with Crippen LogP contribution in [0.5, 0.6) is 0 Å². The van der Waals surface area contributed by atoms with Crippen LogP contribution < -0.4 is 0 Å². The molecule has 17 heavy (non-hydrogen) atoms. The predicted molar refractivity (Wildman–Crippen MR) is 62.5 cm³/mol. The second-order valence-corrected chi connectivity index (χ2v) is 3.65. The molecule has 0 amide bonds. The molecule has 0 N–H and O–H groups in total. The van der Waals surface area contributed by atoms with Gasteiger partial charge in [0.2, 0.25) is 6.29 Å². The number of methoxy groups -OCH3 is 1. The number of ether oxygens (including phenoxy) is 3. The Morgan fingerprint density at radius 1 is 1.29 bits per heavy atom. The highest BCUT2D eigenvalue weighted by Gasteiger charge is 2.16. The van der Waals surface area contributed by atoms with E-state index in [-0.39, 0.29) is 6.10 Å². The van der Waals surface area contributed by atoms with Gasteiger partial charge in [0, 0.05) is 20.3 Å². The number of nitrogens with zero attached hydrogens (tertiary/aromatic N) is 3. The molecule has 0 aliphatic rings. The van der Waals surface area contributed by atoms with Gasteiger partial charge in [-0.1, -0.05) is 5.21 Å². The fourth-order valence-corrected chi connectivity index (χ4v) is 1.37. The van der Waals surface area contributed by atoms with Crippen LogP contribution in [0.25, 0.3) is 0 Å². The summed E-state index contributed by atoms with van der Waals surface area (Å²) < 4.78 is 17.8. The van der Waals surface area contributed by atoms with Crippen LogP contribution in [0, 0.1) is 0 Å². The van der Waals surface area contributed by atoms with Crippen molar-refractivity contribution in [1.82, 2.24) is 15.0 Å². The highest BCUT2D eigenvalue weighted by molar-refractivity contribution is 4.94. The van der Waals surface area contributed by atoms with Crippen molar-refractivity contribution in [3.05, 3.63) is 11.9 Å². The van der Waals surface area contributed by atoms with Crippen LogP contribution in [0.15, 0.2) is 6.20 Å². The van der Waals surface area contributed by atoms with Gasteiger partial charge < -0.3 is 14.2 Å². The topological polar surface area (TPSA) is 58.4 Å². The molecule has 0 saturated carbocycles. The Hall–Kier alpha value is -0.980. The summed E-state index contributed by atoms with van der Waals surface area (Å²) in [6, 6.07) is 0. The van der Waals surface area contributed by atoms with E-state index in [4.69, 9.17) is 14.2 Å². The minimum Gasteiger partial charge on any atom is -0.380 e. The lowest BCUT2D eigenvalue weighted by atomic mass is 10.4. The van der Waals surface area contributed by atoms with Gasteiger partial charge in [-0.15, -0.1) is 5.10 Å². The van der Waals surface area contributed by atoms with Gasteiger partial charge in [0.05, 0.1) is 18.8 Å². The van der Waals surface area contributed by atoms with Crippen molar-refractivity contribution < 1.29 is 14.2 Å². The lowest BCUT2D eigenvalue weighted by Crippen LogP contribution is -2.15. The molecular formula is C11H21N3O3. The van der Waals surface area contributed by atoms with Crippen molar-refractivity contribution >= 4 is 0 Å². The summed E-state index contributed by atoms with van der Waals surface area (Å²) in [7, 11) is 1.67. The minimum absolute atomic E-state index is 0.0992. The third-order valence-electron chi connectivity index (χ3n) is 2.28. The molecule has 1 aromatic heterocycles. The molecule has 0 bridgehead atoms. The maximum absolute atomic E-state index is 5.44. The van der Waals surface area contributed by atoms with Gasteiger partial charge in [-0.3, -0.25) is 0 Å². The second kappa shape index (κ2) is 7.37. The SMILES string of the molecule is CCOC(OCC)c1cn(CC(C)OC)nn1. The summed E-state index contributed by atoms with van der Waals surface area (Å²) in [6.07, 6.45) is 1.49. The Kier molecular flexibility index (Phi) is 6.10. The van der Waals surface area contributed by atoms with Gasteiger partial charge in [0.15, 0.2) is 0 Å². The zero-order valence-electron chi connectivity index (χ0n) is 10.9. The third kappa shape index (κ3) is 4.41. The van der Waals surface area contributed by atoms with Crippen LogP contribution in [0.3, 0.4) is 0 Å². The summed E-state index contributed by atoms with van der Waals surface area (Å²) in [6.45, 7) is 7.63. The first kappa shape index (κ1) is 14.1. The van der Waals surface area contributed by atoms with Crippen LogP contribution in [-0.2, 0) is 20.8 Å². The molecule has 0 aromatic carbocycles. The van der Waals surface area contributed by atoms with E-state index in [0.717, 1.165) is 0 Å². The lowest BCUT2D eigenvalue weighted by Gasteiger charge is -2.13. The Balaban J connectivity index is 2.63. The standard InChI is InChI=1S/C11H21N3O3/c1-5-16-11(17-6-2)10-8-14(13-12-10)7-9(3)15-4/h8-9,11H,5-7H2,1-4H3. The molecule has 98 valence electrons. The number of aromatic nitrogens is 3. The molecule has 0 radical (unpaired) electrons. The molecule has 6 nitrogen and oxygen atoms in total. The normalized spacial score (nSPS) is 13.2. The van der Waals surface area contributed by atoms with Crippen LogP contribution in [0.4, 0.5) is 0 Å². The van der Waals surface area contributed by atoms with E-state index in [2.05, 4.69) is 10.3 Å². The molecule has 1 aromatic rings. The molecule has 0 aliphatic carbocycles. The predicted octanol–water partition coefficient (Wildman–Crippen LogP) is 1.38. The van der Waals surface area contributed by atoms with E-state index in [1.165, 1.54) is 0 Å². The van der Waals surface area contributed by atoms with Gasteiger partial charge in [-0.25, -0.2) is 4.68 Å². The first-order valence-electron chi connectivity index (χ1n) is 5.87. The molecule has 0 spiro atoms. The van der Waals surface area contributed by atoms with Crippen molar-refractivity contribution in [2.45, 2.75) is 39.7 Å². The number of hydrogen-bond donors (Lipinski definition) is 0. The quantitative estimate of drug-likeness (QED) is 0.646. The van der Waals surface area contributed by atoms with Crippen LogP contribution in [0.1, 0.15) is 32.8 Å². The van der Waals surface area contributed by atoms with Crippen molar-refractivity contribution in [1.29, 1.82) is 0 Å². The first-order chi connectivity index (χ1) is 8.21. The molecule has 6 heteroatoms. The van der Waals surface area contributed by atoms with E-state index in [1.807, 2.05) is 27.0 Å². The van der Waals surface area contributed by atoms with Crippen molar-refractivity contribution in [3.8, 4) is 0 Å². The van der Waals surface area contributed by atoms with Gasteiger partial charge >= 0.3 is 0 Å². The zero-order chi connectivity index (χ0) is 12.7. The molecule has 1 heterocycles. The average molecular weight is 243 g/mol. The van der Waals surface area contributed by atoms with Crippen LogP contribution in [-0.4, -0.2) is 41.4 Å². The van der Waals surface area contributed by atoms with Crippen LogP contribution in [0.2, 0.25) is 0 Å².